The van der Waals surface area contributed by atoms with E-state index >= 15 is 0 Å². The summed E-state index contributed by atoms with van der Waals surface area (Å²) in [6.07, 6.45) is 0.881. The van der Waals surface area contributed by atoms with E-state index in [9.17, 15) is 0 Å². The standard InChI is InChI=1S/C11H17ClN2/c1-6-8-9(11(3,4)5)13-7(2)14-10(8)12/h6H2,1-5H3. The number of nitrogens with zero attached hydrogens (tertiary/aromatic N) is 2. The number of hydrogen-bond acceptors (Lipinski definition) is 2. The van der Waals surface area contributed by atoms with Gasteiger partial charge in [0, 0.05) is 11.0 Å². The average Bonchev–Trinajstić information content (AvgIpc) is 2.01. The van der Waals surface area contributed by atoms with E-state index in [4.69, 9.17) is 11.6 Å². The minimum Gasteiger partial charge on any atom is -0.237 e. The number of hydrogen-bond donors (Lipinski definition) is 0. The van der Waals surface area contributed by atoms with Gasteiger partial charge < -0.3 is 0 Å². The second kappa shape index (κ2) is 3.85. The Morgan fingerprint density at radius 3 is 2.21 bits per heavy atom. The van der Waals surface area contributed by atoms with Gasteiger partial charge in [0.1, 0.15) is 11.0 Å². The van der Waals surface area contributed by atoms with E-state index in [0.717, 1.165) is 23.5 Å². The molecule has 0 aromatic carbocycles. The summed E-state index contributed by atoms with van der Waals surface area (Å²) in [6.45, 7) is 10.4. The lowest BCUT2D eigenvalue weighted by atomic mass is 9.88. The van der Waals surface area contributed by atoms with Crippen LogP contribution in [0.15, 0.2) is 0 Å². The highest BCUT2D eigenvalue weighted by Gasteiger charge is 2.21. The molecule has 0 aliphatic heterocycles. The molecule has 0 fully saturated rings. The van der Waals surface area contributed by atoms with Crippen molar-refractivity contribution in [1.82, 2.24) is 9.97 Å². The largest absolute Gasteiger partial charge is 0.237 e. The van der Waals surface area contributed by atoms with Crippen LogP contribution in [0.5, 0.6) is 0 Å². The predicted octanol–water partition coefficient (Wildman–Crippen LogP) is 3.30. The van der Waals surface area contributed by atoms with Gasteiger partial charge in [-0.2, -0.15) is 0 Å². The molecule has 0 unspecified atom stereocenters. The molecule has 0 aliphatic carbocycles. The van der Waals surface area contributed by atoms with Crippen LogP contribution in [0.2, 0.25) is 5.15 Å². The summed E-state index contributed by atoms with van der Waals surface area (Å²) in [5.74, 6) is 0.747. The van der Waals surface area contributed by atoms with Crippen LogP contribution in [0.1, 0.15) is 44.8 Å². The molecule has 0 radical (unpaired) electrons. The van der Waals surface area contributed by atoms with Crippen LogP contribution >= 0.6 is 11.6 Å². The summed E-state index contributed by atoms with van der Waals surface area (Å²) in [7, 11) is 0. The van der Waals surface area contributed by atoms with Crippen LogP contribution in [0.3, 0.4) is 0 Å². The van der Waals surface area contributed by atoms with Crippen molar-refractivity contribution in [2.45, 2.75) is 46.5 Å². The fourth-order valence-corrected chi connectivity index (χ4v) is 1.84. The SMILES string of the molecule is CCc1c(Cl)nc(C)nc1C(C)(C)C. The van der Waals surface area contributed by atoms with Gasteiger partial charge in [-0.15, -0.1) is 0 Å². The lowest BCUT2D eigenvalue weighted by Gasteiger charge is -2.21. The number of aromatic nitrogens is 2. The molecule has 78 valence electrons. The molecule has 1 aromatic rings. The van der Waals surface area contributed by atoms with Crippen LogP contribution in [-0.4, -0.2) is 9.97 Å². The highest BCUT2D eigenvalue weighted by Crippen LogP contribution is 2.28. The molecule has 0 amide bonds. The monoisotopic (exact) mass is 212 g/mol. The average molecular weight is 213 g/mol. The second-order valence-corrected chi connectivity index (χ2v) is 4.85. The molecule has 0 atom stereocenters. The van der Waals surface area contributed by atoms with E-state index < -0.39 is 0 Å². The van der Waals surface area contributed by atoms with E-state index in [-0.39, 0.29) is 5.41 Å². The van der Waals surface area contributed by atoms with Crippen molar-refractivity contribution in [2.75, 3.05) is 0 Å². The quantitative estimate of drug-likeness (QED) is 0.668. The fourth-order valence-electron chi connectivity index (χ4n) is 1.50. The van der Waals surface area contributed by atoms with Crippen LogP contribution in [0, 0.1) is 6.92 Å². The second-order valence-electron chi connectivity index (χ2n) is 4.49. The van der Waals surface area contributed by atoms with Crippen molar-refractivity contribution >= 4 is 11.6 Å². The molecule has 0 saturated carbocycles. The summed E-state index contributed by atoms with van der Waals surface area (Å²) in [5, 5.41) is 0.602. The Morgan fingerprint density at radius 1 is 1.21 bits per heavy atom. The number of halogens is 1. The molecule has 1 heterocycles. The van der Waals surface area contributed by atoms with Gasteiger partial charge in [0.15, 0.2) is 0 Å². The molecule has 0 N–H and O–H groups in total. The first-order valence-corrected chi connectivity index (χ1v) is 5.27. The lowest BCUT2D eigenvalue weighted by Crippen LogP contribution is -2.18. The van der Waals surface area contributed by atoms with Crippen molar-refractivity contribution in [3.63, 3.8) is 0 Å². The van der Waals surface area contributed by atoms with Gasteiger partial charge in [-0.3, -0.25) is 0 Å². The first-order chi connectivity index (χ1) is 6.36. The van der Waals surface area contributed by atoms with Gasteiger partial charge >= 0.3 is 0 Å². The predicted molar refractivity (Wildman–Crippen MR) is 59.9 cm³/mol. The zero-order valence-corrected chi connectivity index (χ0v) is 10.2. The van der Waals surface area contributed by atoms with Crippen LogP contribution in [0.25, 0.3) is 0 Å². The molecular weight excluding hydrogens is 196 g/mol. The zero-order chi connectivity index (χ0) is 10.9. The maximum Gasteiger partial charge on any atom is 0.136 e. The van der Waals surface area contributed by atoms with Crippen LogP contribution < -0.4 is 0 Å². The summed E-state index contributed by atoms with van der Waals surface area (Å²) in [4.78, 5) is 8.65. The van der Waals surface area contributed by atoms with Crippen molar-refractivity contribution in [3.8, 4) is 0 Å². The molecule has 0 bridgehead atoms. The summed E-state index contributed by atoms with van der Waals surface area (Å²) in [6, 6.07) is 0. The summed E-state index contributed by atoms with van der Waals surface area (Å²) < 4.78 is 0. The minimum absolute atomic E-state index is 0.0304. The highest BCUT2D eigenvalue weighted by molar-refractivity contribution is 6.30. The summed E-state index contributed by atoms with van der Waals surface area (Å²) >= 11 is 6.09. The van der Waals surface area contributed by atoms with Gasteiger partial charge in [-0.25, -0.2) is 9.97 Å². The van der Waals surface area contributed by atoms with E-state index in [1.54, 1.807) is 0 Å². The van der Waals surface area contributed by atoms with Gasteiger partial charge in [0.2, 0.25) is 0 Å². The normalized spacial score (nSPS) is 11.9. The molecule has 0 saturated heterocycles. The Morgan fingerprint density at radius 2 is 1.79 bits per heavy atom. The van der Waals surface area contributed by atoms with Crippen molar-refractivity contribution in [2.24, 2.45) is 0 Å². The molecule has 1 rings (SSSR count). The maximum absolute atomic E-state index is 6.09. The van der Waals surface area contributed by atoms with Crippen LogP contribution in [-0.2, 0) is 11.8 Å². The molecular formula is C11H17ClN2. The number of aryl methyl sites for hydroxylation is 1. The molecule has 1 aromatic heterocycles. The van der Waals surface area contributed by atoms with E-state index in [1.807, 2.05) is 6.92 Å². The van der Waals surface area contributed by atoms with Gasteiger partial charge in [0.25, 0.3) is 0 Å². The summed E-state index contributed by atoms with van der Waals surface area (Å²) in [5.41, 5.74) is 2.17. The third-order valence-electron chi connectivity index (χ3n) is 2.13. The molecule has 3 heteroatoms. The molecule has 0 aliphatic rings. The van der Waals surface area contributed by atoms with Crippen molar-refractivity contribution in [3.05, 3.63) is 22.2 Å². The Balaban J connectivity index is 3.40. The molecule has 2 nitrogen and oxygen atoms in total. The van der Waals surface area contributed by atoms with Gasteiger partial charge in [-0.05, 0) is 13.3 Å². The first-order valence-electron chi connectivity index (χ1n) is 4.89. The van der Waals surface area contributed by atoms with Crippen molar-refractivity contribution < 1.29 is 0 Å². The van der Waals surface area contributed by atoms with E-state index in [2.05, 4.69) is 37.7 Å². The Bertz CT molecular complexity index is 340. The third-order valence-corrected chi connectivity index (χ3v) is 2.45. The van der Waals surface area contributed by atoms with Crippen molar-refractivity contribution in [1.29, 1.82) is 0 Å². The third kappa shape index (κ3) is 2.24. The fraction of sp³-hybridized carbons (Fsp3) is 0.636. The smallest absolute Gasteiger partial charge is 0.136 e. The van der Waals surface area contributed by atoms with E-state index in [1.165, 1.54) is 0 Å². The lowest BCUT2D eigenvalue weighted by molar-refractivity contribution is 0.556. The van der Waals surface area contributed by atoms with Gasteiger partial charge in [-0.1, -0.05) is 39.3 Å². The zero-order valence-electron chi connectivity index (χ0n) is 9.48. The van der Waals surface area contributed by atoms with E-state index in [0.29, 0.717) is 5.15 Å². The maximum atomic E-state index is 6.09. The Labute approximate surface area is 90.7 Å². The minimum atomic E-state index is 0.0304. The first kappa shape index (κ1) is 11.4. The topological polar surface area (TPSA) is 25.8 Å². The van der Waals surface area contributed by atoms with Gasteiger partial charge in [0.05, 0.1) is 5.69 Å². The molecule has 14 heavy (non-hydrogen) atoms. The highest BCUT2D eigenvalue weighted by atomic mass is 35.5. The molecule has 0 spiro atoms. The van der Waals surface area contributed by atoms with Crippen LogP contribution in [0.4, 0.5) is 0 Å². The Hall–Kier alpha value is -0.630. The Kier molecular flexibility index (Phi) is 3.15. The number of rotatable bonds is 1.